The van der Waals surface area contributed by atoms with E-state index in [1.54, 1.807) is 31.2 Å². The van der Waals surface area contributed by atoms with Crippen LogP contribution in [0, 0.1) is 18.3 Å². The zero-order valence-corrected chi connectivity index (χ0v) is 17.3. The minimum absolute atomic E-state index is 0.0142. The van der Waals surface area contributed by atoms with Crippen LogP contribution in [0.2, 0.25) is 0 Å². The molecule has 0 aromatic heterocycles. The number of ether oxygens (including phenoxy) is 1. The maximum atomic E-state index is 12.9. The average Bonchev–Trinajstić information content (AvgIpc) is 3.48. The fourth-order valence-electron chi connectivity index (χ4n) is 2.34. The molecule has 0 saturated carbocycles. The van der Waals surface area contributed by atoms with Crippen molar-refractivity contribution in [2.75, 3.05) is 13.2 Å². The van der Waals surface area contributed by atoms with Gasteiger partial charge in [0, 0.05) is 5.57 Å². The van der Waals surface area contributed by atoms with Crippen LogP contribution in [0.1, 0.15) is 25.0 Å². The molecule has 0 aliphatic carbocycles. The molecule has 0 unspecified atom stereocenters. The van der Waals surface area contributed by atoms with E-state index in [2.05, 4.69) is 20.9 Å². The quantitative estimate of drug-likeness (QED) is 0.311. The van der Waals surface area contributed by atoms with Gasteiger partial charge < -0.3 is 4.74 Å². The number of aliphatic imine (C=N–C) groups is 1. The van der Waals surface area contributed by atoms with E-state index in [9.17, 15) is 18.8 Å². The predicted molar refractivity (Wildman–Crippen MR) is 109 cm³/mol. The van der Waals surface area contributed by atoms with Crippen molar-refractivity contribution in [3.05, 3.63) is 56.6 Å². The Morgan fingerprint density at radius 1 is 1.46 bits per heavy atom. The molecule has 7 heteroatoms. The number of benzene rings is 1. The topological polar surface area (TPSA) is 62.5 Å². The number of carbonyl (C=O) groups excluding carboxylic acids is 1. The average molecular weight is 449 g/mol. The lowest BCUT2D eigenvalue weighted by molar-refractivity contribution is -0.111. The molecule has 146 valence electrons. The number of hydrogen-bond donors (Lipinski definition) is 0. The Balaban J connectivity index is 2.46. The van der Waals surface area contributed by atoms with E-state index >= 15 is 0 Å². The number of alkyl halides is 2. The summed E-state index contributed by atoms with van der Waals surface area (Å²) in [6, 6.07) is 5.26. The van der Waals surface area contributed by atoms with Crippen molar-refractivity contribution in [3.8, 4) is 11.8 Å². The summed E-state index contributed by atoms with van der Waals surface area (Å²) in [7, 11) is 0. The van der Waals surface area contributed by atoms with Gasteiger partial charge in [-0.15, -0.1) is 0 Å². The van der Waals surface area contributed by atoms with Crippen molar-refractivity contribution in [1.82, 2.24) is 0 Å². The van der Waals surface area contributed by atoms with Crippen LogP contribution in [0.4, 0.5) is 8.78 Å². The third-order valence-corrected chi connectivity index (χ3v) is 4.67. The molecule has 0 fully saturated rings. The molecule has 1 aromatic carbocycles. The number of hydrogen-bond acceptors (Lipinski definition) is 4. The fraction of sp³-hybridized carbons (Fsp3) is 0.286. The third kappa shape index (κ3) is 5.70. The number of Topliss-reactive ketones (excluding diaryl/α,β-unsaturated/α-hetero) is 1. The number of allylic oxidation sites excluding steroid dienone is 4. The van der Waals surface area contributed by atoms with Crippen LogP contribution in [0.15, 0.2) is 50.5 Å². The van der Waals surface area contributed by atoms with E-state index in [0.29, 0.717) is 27.9 Å². The molecule has 1 aliphatic rings. The Morgan fingerprint density at radius 3 is 2.68 bits per heavy atom. The molecule has 28 heavy (non-hydrogen) atoms. The van der Waals surface area contributed by atoms with Crippen molar-refractivity contribution in [3.63, 3.8) is 0 Å². The van der Waals surface area contributed by atoms with Crippen molar-refractivity contribution in [2.45, 2.75) is 27.2 Å². The number of nitriles is 1. The molecule has 1 aromatic rings. The van der Waals surface area contributed by atoms with Crippen LogP contribution in [0.5, 0.6) is 5.75 Å². The molecular formula is C21H19BrF2N2O2. The van der Waals surface area contributed by atoms with Crippen molar-refractivity contribution in [1.29, 1.82) is 5.26 Å². The van der Waals surface area contributed by atoms with E-state index < -0.39 is 18.8 Å². The number of carbonyl (C=O) groups is 1. The van der Waals surface area contributed by atoms with Gasteiger partial charge in [0.1, 0.15) is 24.0 Å². The number of aryl methyl sites for hydroxylation is 1. The summed E-state index contributed by atoms with van der Waals surface area (Å²) < 4.78 is 30.6. The molecule has 0 bridgehead atoms. The molecule has 1 heterocycles. The SMILES string of the molecule is C/C=C(C)\C=C(/C#N)C(=O)/C(=C/c1cc(OCC(F)F)c(Br)cc1C)C1=NC1. The second-order valence-electron chi connectivity index (χ2n) is 6.19. The number of nitrogens with zero attached hydrogens (tertiary/aromatic N) is 2. The summed E-state index contributed by atoms with van der Waals surface area (Å²) in [6.07, 6.45) is 2.36. The van der Waals surface area contributed by atoms with Gasteiger partial charge in [0.25, 0.3) is 6.43 Å². The smallest absolute Gasteiger partial charge is 0.272 e. The summed E-state index contributed by atoms with van der Waals surface area (Å²) in [5.41, 5.74) is 3.19. The lowest BCUT2D eigenvalue weighted by Crippen LogP contribution is -2.10. The van der Waals surface area contributed by atoms with Gasteiger partial charge in [0.05, 0.1) is 16.7 Å². The standard InChI is InChI=1S/C21H19BrF2N2O2/c1-4-12(2)5-15(9-25)21(27)16(18-10-26-18)7-14-8-19(28-11-20(23)24)17(22)6-13(14)3/h4-8,20H,10-11H2,1-3H3/b12-4-,15-5+,16-7+. The zero-order chi connectivity index (χ0) is 20.8. The monoisotopic (exact) mass is 448 g/mol. The van der Waals surface area contributed by atoms with Gasteiger partial charge in [-0.05, 0) is 72.1 Å². The van der Waals surface area contributed by atoms with Crippen LogP contribution in [0.25, 0.3) is 6.08 Å². The van der Waals surface area contributed by atoms with Crippen LogP contribution >= 0.6 is 15.9 Å². The number of rotatable bonds is 8. The lowest BCUT2D eigenvalue weighted by Gasteiger charge is -2.11. The summed E-state index contributed by atoms with van der Waals surface area (Å²) in [5, 5.41) is 9.38. The van der Waals surface area contributed by atoms with Gasteiger partial charge in [0.2, 0.25) is 5.78 Å². The summed E-state index contributed by atoms with van der Waals surface area (Å²) in [5.74, 6) is -0.167. The van der Waals surface area contributed by atoms with Crippen LogP contribution in [-0.4, -0.2) is 31.1 Å². The summed E-state index contributed by atoms with van der Waals surface area (Å²) in [4.78, 5) is 17.0. The highest BCUT2D eigenvalue weighted by Gasteiger charge is 2.25. The first-order valence-electron chi connectivity index (χ1n) is 8.52. The van der Waals surface area contributed by atoms with Gasteiger partial charge in [-0.1, -0.05) is 11.6 Å². The summed E-state index contributed by atoms with van der Waals surface area (Å²) in [6.45, 7) is 5.15. The Bertz CT molecular complexity index is 954. The van der Waals surface area contributed by atoms with Gasteiger partial charge in [-0.25, -0.2) is 8.78 Å². The van der Waals surface area contributed by atoms with Gasteiger partial charge in [0.15, 0.2) is 0 Å². The van der Waals surface area contributed by atoms with E-state index in [0.717, 1.165) is 11.1 Å². The van der Waals surface area contributed by atoms with E-state index in [-0.39, 0.29) is 11.3 Å². The molecule has 1 aliphatic heterocycles. The van der Waals surface area contributed by atoms with E-state index in [4.69, 9.17) is 4.74 Å². The highest BCUT2D eigenvalue weighted by molar-refractivity contribution is 9.10. The van der Waals surface area contributed by atoms with Crippen LogP contribution in [-0.2, 0) is 4.79 Å². The molecule has 4 nitrogen and oxygen atoms in total. The second kappa shape index (κ2) is 9.56. The maximum Gasteiger partial charge on any atom is 0.272 e. The van der Waals surface area contributed by atoms with Gasteiger partial charge >= 0.3 is 0 Å². The molecule has 0 atom stereocenters. The fourth-order valence-corrected chi connectivity index (χ4v) is 2.91. The van der Waals surface area contributed by atoms with Gasteiger partial charge in [-0.3, -0.25) is 9.79 Å². The lowest BCUT2D eigenvalue weighted by atomic mass is 9.96. The Hall–Kier alpha value is -2.59. The van der Waals surface area contributed by atoms with Crippen LogP contribution < -0.4 is 4.74 Å². The normalized spacial score (nSPS) is 14.6. The Kier molecular flexibility index (Phi) is 7.41. The highest BCUT2D eigenvalue weighted by Crippen LogP contribution is 2.31. The molecule has 0 saturated heterocycles. The minimum atomic E-state index is -2.59. The largest absolute Gasteiger partial charge is 0.486 e. The Morgan fingerprint density at radius 2 is 2.14 bits per heavy atom. The molecule has 0 N–H and O–H groups in total. The van der Waals surface area contributed by atoms with E-state index in [1.807, 2.05) is 19.9 Å². The molecular weight excluding hydrogens is 430 g/mol. The van der Waals surface area contributed by atoms with Crippen molar-refractivity contribution in [2.24, 2.45) is 4.99 Å². The Labute approximate surface area is 171 Å². The maximum absolute atomic E-state index is 12.9. The molecule has 0 spiro atoms. The first-order valence-corrected chi connectivity index (χ1v) is 9.32. The number of halogens is 3. The van der Waals surface area contributed by atoms with E-state index in [1.165, 1.54) is 6.08 Å². The molecule has 0 amide bonds. The van der Waals surface area contributed by atoms with Crippen LogP contribution in [0.3, 0.4) is 0 Å². The van der Waals surface area contributed by atoms with Crippen molar-refractivity contribution < 1.29 is 18.3 Å². The third-order valence-electron chi connectivity index (χ3n) is 4.05. The second-order valence-corrected chi connectivity index (χ2v) is 7.05. The van der Waals surface area contributed by atoms with Crippen molar-refractivity contribution >= 4 is 33.5 Å². The number of ketones is 1. The highest BCUT2D eigenvalue weighted by atomic mass is 79.9. The molecule has 0 radical (unpaired) electrons. The minimum Gasteiger partial charge on any atom is -0.486 e. The first kappa shape index (κ1) is 21.7. The first-order chi connectivity index (χ1) is 13.3. The zero-order valence-electron chi connectivity index (χ0n) is 15.7. The summed E-state index contributed by atoms with van der Waals surface area (Å²) >= 11 is 3.30. The van der Waals surface area contributed by atoms with Gasteiger partial charge in [-0.2, -0.15) is 5.26 Å². The predicted octanol–water partition coefficient (Wildman–Crippen LogP) is 5.22. The molecule has 2 rings (SSSR count).